The number of rotatable bonds is 2. The Balaban J connectivity index is 1.55. The summed E-state index contributed by atoms with van der Waals surface area (Å²) in [6.07, 6.45) is 0. The molecule has 0 spiro atoms. The molecule has 2 aliphatic heterocycles. The van der Waals surface area contributed by atoms with Crippen LogP contribution in [-0.4, -0.2) is 59.6 Å². The standard InChI is InChI=1S/C12H18N4OS2/c1-9-6-19-12(14-9)16-4-2-15(3-5-16)11(17)10-7-18-8-13-10/h6,10,13H,2-5,7-8H2,1H3. The Kier molecular flexibility index (Phi) is 3.95. The molecule has 1 unspecified atom stereocenters. The second-order valence-electron chi connectivity index (χ2n) is 4.86. The van der Waals surface area contributed by atoms with Gasteiger partial charge in [-0.05, 0) is 6.92 Å². The summed E-state index contributed by atoms with van der Waals surface area (Å²) >= 11 is 3.48. The van der Waals surface area contributed by atoms with Crippen LogP contribution in [0.2, 0.25) is 0 Å². The second-order valence-corrected chi connectivity index (χ2v) is 6.72. The molecule has 1 aromatic rings. The zero-order valence-electron chi connectivity index (χ0n) is 11.0. The number of hydrogen-bond acceptors (Lipinski definition) is 6. The van der Waals surface area contributed by atoms with Crippen molar-refractivity contribution < 1.29 is 4.79 Å². The molecule has 7 heteroatoms. The van der Waals surface area contributed by atoms with Crippen LogP contribution in [0.4, 0.5) is 5.13 Å². The van der Waals surface area contributed by atoms with Gasteiger partial charge in [0.25, 0.3) is 0 Å². The topological polar surface area (TPSA) is 48.5 Å². The van der Waals surface area contributed by atoms with Gasteiger partial charge in [0, 0.05) is 43.2 Å². The summed E-state index contributed by atoms with van der Waals surface area (Å²) in [7, 11) is 0. The molecule has 1 aromatic heterocycles. The van der Waals surface area contributed by atoms with E-state index in [1.54, 1.807) is 23.1 Å². The first-order valence-electron chi connectivity index (χ1n) is 6.51. The van der Waals surface area contributed by atoms with Gasteiger partial charge in [-0.1, -0.05) is 0 Å². The summed E-state index contributed by atoms with van der Waals surface area (Å²) in [4.78, 5) is 21.0. The number of nitrogens with one attached hydrogen (secondary N) is 1. The number of thioether (sulfide) groups is 1. The summed E-state index contributed by atoms with van der Waals surface area (Å²) in [6.45, 7) is 5.40. The maximum Gasteiger partial charge on any atom is 0.240 e. The Bertz CT molecular complexity index is 450. The van der Waals surface area contributed by atoms with Crippen LogP contribution in [0.15, 0.2) is 5.38 Å². The highest BCUT2D eigenvalue weighted by Crippen LogP contribution is 2.22. The molecule has 19 heavy (non-hydrogen) atoms. The van der Waals surface area contributed by atoms with E-state index in [2.05, 4.69) is 20.6 Å². The van der Waals surface area contributed by atoms with E-state index in [0.29, 0.717) is 0 Å². The molecule has 0 aliphatic carbocycles. The molecule has 0 bridgehead atoms. The van der Waals surface area contributed by atoms with E-state index in [0.717, 1.165) is 48.6 Å². The first-order chi connectivity index (χ1) is 9.24. The number of hydrogen-bond donors (Lipinski definition) is 1. The van der Waals surface area contributed by atoms with Gasteiger partial charge in [0.1, 0.15) is 0 Å². The smallest absolute Gasteiger partial charge is 0.240 e. The SMILES string of the molecule is Cc1csc(N2CCN(C(=O)C3CSCN3)CC2)n1. The Morgan fingerprint density at radius 3 is 2.79 bits per heavy atom. The molecule has 3 rings (SSSR count). The van der Waals surface area contributed by atoms with Crippen molar-refractivity contribution in [3.05, 3.63) is 11.1 Å². The predicted octanol–water partition coefficient (Wildman–Crippen LogP) is 0.763. The van der Waals surface area contributed by atoms with Gasteiger partial charge in [-0.3, -0.25) is 10.1 Å². The number of nitrogens with zero attached hydrogens (tertiary/aromatic N) is 3. The van der Waals surface area contributed by atoms with Crippen LogP contribution in [0.25, 0.3) is 0 Å². The molecule has 2 aliphatic rings. The van der Waals surface area contributed by atoms with Crippen molar-refractivity contribution >= 4 is 34.1 Å². The molecule has 2 fully saturated rings. The zero-order chi connectivity index (χ0) is 13.2. The molecular formula is C12H18N4OS2. The molecule has 5 nitrogen and oxygen atoms in total. The van der Waals surface area contributed by atoms with Crippen molar-refractivity contribution in [2.24, 2.45) is 0 Å². The second kappa shape index (κ2) is 5.68. The van der Waals surface area contributed by atoms with E-state index in [4.69, 9.17) is 0 Å². The molecule has 104 valence electrons. The molecule has 1 N–H and O–H groups in total. The van der Waals surface area contributed by atoms with Gasteiger partial charge in [0.05, 0.1) is 11.7 Å². The number of carbonyl (C=O) groups is 1. The molecular weight excluding hydrogens is 280 g/mol. The number of thiazole rings is 1. The molecule has 0 radical (unpaired) electrons. The lowest BCUT2D eigenvalue weighted by molar-refractivity contribution is -0.132. The number of piperazine rings is 1. The van der Waals surface area contributed by atoms with E-state index in [1.165, 1.54) is 0 Å². The fourth-order valence-electron chi connectivity index (χ4n) is 2.38. The minimum absolute atomic E-state index is 0.0265. The molecule has 1 amide bonds. The third-order valence-corrected chi connectivity index (χ3v) is 5.44. The van der Waals surface area contributed by atoms with E-state index in [1.807, 2.05) is 11.8 Å². The Hall–Kier alpha value is -0.790. The molecule has 0 aromatic carbocycles. The average molecular weight is 298 g/mol. The summed E-state index contributed by atoms with van der Waals surface area (Å²) < 4.78 is 0. The van der Waals surface area contributed by atoms with Gasteiger partial charge >= 0.3 is 0 Å². The average Bonchev–Trinajstić information content (AvgIpc) is 3.09. The van der Waals surface area contributed by atoms with Crippen molar-refractivity contribution in [2.75, 3.05) is 42.7 Å². The van der Waals surface area contributed by atoms with Crippen LogP contribution in [0.5, 0.6) is 0 Å². The van der Waals surface area contributed by atoms with Gasteiger partial charge in [0.2, 0.25) is 5.91 Å². The summed E-state index contributed by atoms with van der Waals surface area (Å²) in [5.41, 5.74) is 1.07. The Morgan fingerprint density at radius 1 is 1.42 bits per heavy atom. The van der Waals surface area contributed by atoms with E-state index in [-0.39, 0.29) is 11.9 Å². The van der Waals surface area contributed by atoms with Gasteiger partial charge in [0.15, 0.2) is 5.13 Å². The van der Waals surface area contributed by atoms with E-state index >= 15 is 0 Å². The normalized spacial score (nSPS) is 23.9. The monoisotopic (exact) mass is 298 g/mol. The number of aromatic nitrogens is 1. The highest BCUT2D eigenvalue weighted by Gasteiger charge is 2.29. The lowest BCUT2D eigenvalue weighted by Gasteiger charge is -2.35. The third-order valence-electron chi connectivity index (χ3n) is 3.48. The van der Waals surface area contributed by atoms with Crippen LogP contribution in [-0.2, 0) is 4.79 Å². The van der Waals surface area contributed by atoms with Crippen LogP contribution in [0.1, 0.15) is 5.69 Å². The van der Waals surface area contributed by atoms with Crippen LogP contribution < -0.4 is 10.2 Å². The Labute approximate surface area is 121 Å². The first-order valence-corrected chi connectivity index (χ1v) is 8.54. The van der Waals surface area contributed by atoms with Crippen LogP contribution in [0.3, 0.4) is 0 Å². The van der Waals surface area contributed by atoms with Crippen LogP contribution >= 0.6 is 23.1 Å². The van der Waals surface area contributed by atoms with Crippen molar-refractivity contribution in [3.63, 3.8) is 0 Å². The number of aryl methyl sites for hydroxylation is 1. The van der Waals surface area contributed by atoms with Crippen molar-refractivity contribution in [3.8, 4) is 0 Å². The molecule has 3 heterocycles. The zero-order valence-corrected chi connectivity index (χ0v) is 12.6. The van der Waals surface area contributed by atoms with Crippen LogP contribution in [0, 0.1) is 6.92 Å². The fraction of sp³-hybridized carbons (Fsp3) is 0.667. The van der Waals surface area contributed by atoms with Gasteiger partial charge in [-0.2, -0.15) is 0 Å². The fourth-order valence-corrected chi connectivity index (χ4v) is 4.17. The Morgan fingerprint density at radius 2 is 2.21 bits per heavy atom. The highest BCUT2D eigenvalue weighted by atomic mass is 32.2. The van der Waals surface area contributed by atoms with E-state index < -0.39 is 0 Å². The van der Waals surface area contributed by atoms with Gasteiger partial charge in [-0.15, -0.1) is 23.1 Å². The highest BCUT2D eigenvalue weighted by molar-refractivity contribution is 7.99. The molecule has 1 atom stereocenters. The number of carbonyl (C=O) groups excluding carboxylic acids is 1. The number of anilines is 1. The maximum absolute atomic E-state index is 12.3. The molecule has 2 saturated heterocycles. The lowest BCUT2D eigenvalue weighted by Crippen LogP contribution is -2.53. The maximum atomic E-state index is 12.3. The summed E-state index contributed by atoms with van der Waals surface area (Å²) in [5, 5.41) is 6.41. The number of amides is 1. The minimum Gasteiger partial charge on any atom is -0.345 e. The van der Waals surface area contributed by atoms with Crippen molar-refractivity contribution in [2.45, 2.75) is 13.0 Å². The largest absolute Gasteiger partial charge is 0.345 e. The lowest BCUT2D eigenvalue weighted by atomic mass is 10.2. The minimum atomic E-state index is 0.0265. The quantitative estimate of drug-likeness (QED) is 0.874. The predicted molar refractivity (Wildman–Crippen MR) is 79.9 cm³/mol. The van der Waals surface area contributed by atoms with Gasteiger partial charge < -0.3 is 9.80 Å². The van der Waals surface area contributed by atoms with Crippen molar-refractivity contribution in [1.29, 1.82) is 0 Å². The molecule has 0 saturated carbocycles. The van der Waals surface area contributed by atoms with Gasteiger partial charge in [-0.25, -0.2) is 4.98 Å². The van der Waals surface area contributed by atoms with E-state index in [9.17, 15) is 4.79 Å². The first kappa shape index (κ1) is 13.2. The van der Waals surface area contributed by atoms with Crippen molar-refractivity contribution in [1.82, 2.24) is 15.2 Å². The summed E-state index contributed by atoms with van der Waals surface area (Å²) in [6, 6.07) is 0.0265. The summed E-state index contributed by atoms with van der Waals surface area (Å²) in [5.74, 6) is 2.07. The third kappa shape index (κ3) is 2.88.